The molecule has 1 aromatic heterocycles. The smallest absolute Gasteiger partial charge is 0.286 e. The maximum atomic E-state index is 12.0. The first-order valence-electron chi connectivity index (χ1n) is 9.30. The lowest BCUT2D eigenvalue weighted by Crippen LogP contribution is -2.35. The van der Waals surface area contributed by atoms with Crippen molar-refractivity contribution in [1.29, 1.82) is 0 Å². The zero-order valence-corrected chi connectivity index (χ0v) is 16.2. The molecular weight excluding hydrogens is 344 g/mol. The fraction of sp³-hybridized carbons (Fsp3) is 0.429. The number of amides is 2. The molecule has 2 rings (SSSR count). The van der Waals surface area contributed by atoms with E-state index in [1.807, 2.05) is 32.9 Å². The number of aryl methyl sites for hydroxylation is 1. The Morgan fingerprint density at radius 3 is 2.48 bits per heavy atom. The minimum atomic E-state index is -0.314. The molecule has 0 radical (unpaired) electrons. The third-order valence-corrected chi connectivity index (χ3v) is 3.95. The van der Waals surface area contributed by atoms with E-state index in [9.17, 15) is 9.59 Å². The molecular formula is C21H28N2O4. The summed E-state index contributed by atoms with van der Waals surface area (Å²) in [7, 11) is 0. The summed E-state index contributed by atoms with van der Waals surface area (Å²) in [4.78, 5) is 23.7. The lowest BCUT2D eigenvalue weighted by Gasteiger charge is -2.14. The highest BCUT2D eigenvalue weighted by Gasteiger charge is 2.11. The number of benzene rings is 1. The van der Waals surface area contributed by atoms with E-state index in [4.69, 9.17) is 9.15 Å². The minimum absolute atomic E-state index is 0.0601. The van der Waals surface area contributed by atoms with Crippen molar-refractivity contribution in [3.63, 3.8) is 0 Å². The monoisotopic (exact) mass is 372 g/mol. The second kappa shape index (κ2) is 10.4. The van der Waals surface area contributed by atoms with Gasteiger partial charge in [0.2, 0.25) is 5.91 Å². The number of hydrogen-bond donors (Lipinski definition) is 2. The second-order valence-corrected chi connectivity index (χ2v) is 6.80. The summed E-state index contributed by atoms with van der Waals surface area (Å²) in [5, 5.41) is 5.62. The molecule has 27 heavy (non-hydrogen) atoms. The van der Waals surface area contributed by atoms with Gasteiger partial charge < -0.3 is 19.8 Å². The molecule has 0 saturated carbocycles. The Morgan fingerprint density at radius 1 is 1.11 bits per heavy atom. The van der Waals surface area contributed by atoms with Crippen molar-refractivity contribution < 1.29 is 18.7 Å². The van der Waals surface area contributed by atoms with E-state index in [1.165, 1.54) is 11.8 Å². The molecule has 0 aliphatic carbocycles. The molecule has 0 spiro atoms. The first-order chi connectivity index (χ1) is 12.9. The average molecular weight is 372 g/mol. The van der Waals surface area contributed by atoms with E-state index in [-0.39, 0.29) is 42.7 Å². The Kier molecular flexibility index (Phi) is 7.92. The van der Waals surface area contributed by atoms with Crippen LogP contribution in [0.5, 0.6) is 5.75 Å². The van der Waals surface area contributed by atoms with Gasteiger partial charge in [-0.2, -0.15) is 0 Å². The predicted molar refractivity (Wildman–Crippen MR) is 104 cm³/mol. The summed E-state index contributed by atoms with van der Waals surface area (Å²) < 4.78 is 10.6. The van der Waals surface area contributed by atoms with E-state index in [0.717, 1.165) is 18.6 Å². The van der Waals surface area contributed by atoms with Crippen LogP contribution >= 0.6 is 0 Å². The van der Waals surface area contributed by atoms with Crippen molar-refractivity contribution >= 4 is 11.8 Å². The Hall–Kier alpha value is -2.76. The number of rotatable bonds is 10. The van der Waals surface area contributed by atoms with Gasteiger partial charge in [-0.15, -0.1) is 0 Å². The van der Waals surface area contributed by atoms with Gasteiger partial charge >= 0.3 is 0 Å². The van der Waals surface area contributed by atoms with E-state index in [1.54, 1.807) is 12.1 Å². The van der Waals surface area contributed by atoms with Gasteiger partial charge in [-0.1, -0.05) is 12.1 Å². The summed E-state index contributed by atoms with van der Waals surface area (Å²) >= 11 is 0. The Bertz CT molecular complexity index is 708. The van der Waals surface area contributed by atoms with Gasteiger partial charge in [-0.3, -0.25) is 9.59 Å². The van der Waals surface area contributed by atoms with Gasteiger partial charge in [-0.05, 0) is 63.4 Å². The Morgan fingerprint density at radius 2 is 1.85 bits per heavy atom. The third-order valence-electron chi connectivity index (χ3n) is 3.95. The number of hydrogen-bond acceptors (Lipinski definition) is 4. The molecule has 146 valence electrons. The summed E-state index contributed by atoms with van der Waals surface area (Å²) in [6.07, 6.45) is 3.55. The van der Waals surface area contributed by atoms with Gasteiger partial charge in [0.05, 0.1) is 12.4 Å². The zero-order valence-electron chi connectivity index (χ0n) is 16.2. The third kappa shape index (κ3) is 7.56. The van der Waals surface area contributed by atoms with E-state index in [2.05, 4.69) is 22.8 Å². The van der Waals surface area contributed by atoms with Crippen molar-refractivity contribution in [2.75, 3.05) is 6.54 Å². The highest BCUT2D eigenvalue weighted by atomic mass is 16.5. The van der Waals surface area contributed by atoms with Crippen molar-refractivity contribution in [1.82, 2.24) is 10.6 Å². The van der Waals surface area contributed by atoms with Crippen LogP contribution in [0.2, 0.25) is 0 Å². The average Bonchev–Trinajstić information content (AvgIpc) is 3.15. The molecule has 1 aromatic carbocycles. The molecule has 1 heterocycles. The topological polar surface area (TPSA) is 80.6 Å². The number of nitrogens with one attached hydrogen (secondary N) is 2. The predicted octanol–water partition coefficient (Wildman–Crippen LogP) is 3.32. The molecule has 6 heteroatoms. The standard InChI is InChI=1S/C21H28N2O4/c1-15(2)27-18-10-8-17(9-11-18)7-6-16(3)23-20(24)12-13-22-21(25)19-5-4-14-26-19/h4-5,8-11,14-16H,6-7,12-13H2,1-3H3,(H,22,25)(H,23,24). The highest BCUT2D eigenvalue weighted by Crippen LogP contribution is 2.15. The lowest BCUT2D eigenvalue weighted by atomic mass is 10.1. The van der Waals surface area contributed by atoms with Gasteiger partial charge in [0, 0.05) is 19.0 Å². The van der Waals surface area contributed by atoms with E-state index >= 15 is 0 Å². The van der Waals surface area contributed by atoms with Crippen LogP contribution in [0.4, 0.5) is 0 Å². The summed E-state index contributed by atoms with van der Waals surface area (Å²) in [5.74, 6) is 0.717. The fourth-order valence-electron chi connectivity index (χ4n) is 2.59. The van der Waals surface area contributed by atoms with Crippen LogP contribution in [0.15, 0.2) is 47.1 Å². The zero-order chi connectivity index (χ0) is 19.6. The van der Waals surface area contributed by atoms with Gasteiger partial charge in [0.1, 0.15) is 5.75 Å². The van der Waals surface area contributed by atoms with Crippen LogP contribution in [-0.4, -0.2) is 30.5 Å². The number of ether oxygens (including phenoxy) is 1. The molecule has 0 aliphatic rings. The minimum Gasteiger partial charge on any atom is -0.491 e. The Balaban J connectivity index is 1.63. The molecule has 2 aromatic rings. The summed E-state index contributed by atoms with van der Waals surface area (Å²) in [6.45, 7) is 6.26. The first kappa shape index (κ1) is 20.6. The molecule has 6 nitrogen and oxygen atoms in total. The quantitative estimate of drug-likeness (QED) is 0.670. The van der Waals surface area contributed by atoms with Crippen molar-refractivity contribution in [2.45, 2.75) is 52.2 Å². The summed E-state index contributed by atoms with van der Waals surface area (Å²) in [5.41, 5.74) is 1.21. The molecule has 0 bridgehead atoms. The molecule has 2 amide bonds. The van der Waals surface area contributed by atoms with Gasteiger partial charge in [-0.25, -0.2) is 0 Å². The normalized spacial score (nSPS) is 11.9. The largest absolute Gasteiger partial charge is 0.491 e. The molecule has 0 fully saturated rings. The van der Waals surface area contributed by atoms with Crippen LogP contribution in [-0.2, 0) is 11.2 Å². The van der Waals surface area contributed by atoms with Gasteiger partial charge in [0.15, 0.2) is 5.76 Å². The maximum Gasteiger partial charge on any atom is 0.286 e. The maximum absolute atomic E-state index is 12.0. The van der Waals surface area contributed by atoms with Crippen LogP contribution < -0.4 is 15.4 Å². The van der Waals surface area contributed by atoms with Gasteiger partial charge in [0.25, 0.3) is 5.91 Å². The number of carbonyl (C=O) groups excluding carboxylic acids is 2. The molecule has 0 saturated heterocycles. The molecule has 2 N–H and O–H groups in total. The summed E-state index contributed by atoms with van der Waals surface area (Å²) in [6, 6.07) is 11.3. The van der Waals surface area contributed by atoms with Crippen molar-refractivity contribution in [2.24, 2.45) is 0 Å². The van der Waals surface area contributed by atoms with Crippen LogP contribution in [0.1, 0.15) is 49.7 Å². The second-order valence-electron chi connectivity index (χ2n) is 6.80. The van der Waals surface area contributed by atoms with Crippen molar-refractivity contribution in [3.8, 4) is 5.75 Å². The number of carbonyl (C=O) groups is 2. The lowest BCUT2D eigenvalue weighted by molar-refractivity contribution is -0.121. The van der Waals surface area contributed by atoms with E-state index < -0.39 is 0 Å². The first-order valence-corrected chi connectivity index (χ1v) is 9.30. The van der Waals surface area contributed by atoms with Crippen LogP contribution in [0.3, 0.4) is 0 Å². The van der Waals surface area contributed by atoms with Crippen LogP contribution in [0.25, 0.3) is 0 Å². The highest BCUT2D eigenvalue weighted by molar-refractivity contribution is 5.91. The SMILES string of the molecule is CC(CCc1ccc(OC(C)C)cc1)NC(=O)CCNC(=O)c1ccco1. The van der Waals surface area contributed by atoms with Crippen LogP contribution in [0, 0.1) is 0 Å². The van der Waals surface area contributed by atoms with E-state index in [0.29, 0.717) is 0 Å². The molecule has 1 atom stereocenters. The molecule has 1 unspecified atom stereocenters. The van der Waals surface area contributed by atoms with Crippen molar-refractivity contribution in [3.05, 3.63) is 54.0 Å². The number of furan rings is 1. The Labute approximate surface area is 160 Å². The molecule has 0 aliphatic heterocycles. The fourth-order valence-corrected chi connectivity index (χ4v) is 2.59.